The largest absolute Gasteiger partial charge is 0.437 e. The first kappa shape index (κ1) is 16.0. The van der Waals surface area contributed by atoms with Gasteiger partial charge in [-0.2, -0.15) is 0 Å². The Bertz CT molecular complexity index is 717. The van der Waals surface area contributed by atoms with Crippen molar-refractivity contribution in [2.24, 2.45) is 0 Å². The lowest BCUT2D eigenvalue weighted by atomic mass is 10.1. The number of hydrogen-bond acceptors (Lipinski definition) is 3. The van der Waals surface area contributed by atoms with Crippen LogP contribution in [-0.4, -0.2) is 11.1 Å². The van der Waals surface area contributed by atoms with Gasteiger partial charge in [0, 0.05) is 0 Å². The highest BCUT2D eigenvalue weighted by molar-refractivity contribution is 5.85. The minimum atomic E-state index is -0.225. The molecule has 0 aliphatic heterocycles. The summed E-state index contributed by atoms with van der Waals surface area (Å²) in [6, 6.07) is 18.1. The fourth-order valence-corrected chi connectivity index (χ4v) is 3.13. The van der Waals surface area contributed by atoms with E-state index >= 15 is 0 Å². The third-order valence-electron chi connectivity index (χ3n) is 4.27. The Morgan fingerprint density at radius 1 is 0.957 bits per heavy atom. The van der Waals surface area contributed by atoms with Crippen molar-refractivity contribution in [2.45, 2.75) is 37.9 Å². The Kier molecular flexibility index (Phi) is 4.99. The number of ether oxygens (including phenoxy) is 1. The Labute approximate surface area is 142 Å². The van der Waals surface area contributed by atoms with Crippen LogP contribution in [0.2, 0.25) is 0 Å². The molecule has 0 radical (unpaired) electrons. The monoisotopic (exact) mass is 329 g/mol. The molecule has 0 N–H and O–H groups in total. The molecule has 4 heteroatoms. The van der Waals surface area contributed by atoms with Gasteiger partial charge in [0.2, 0.25) is 5.89 Å². The van der Waals surface area contributed by atoms with E-state index in [0.717, 1.165) is 29.5 Å². The maximum Gasteiger partial charge on any atom is 0.229 e. The molecule has 120 valence electrons. The first-order valence-corrected chi connectivity index (χ1v) is 7.96. The topological polar surface area (TPSA) is 35.3 Å². The lowest BCUT2D eigenvalue weighted by molar-refractivity contribution is 0.000183. The number of hydrogen-bond donors (Lipinski definition) is 0. The van der Waals surface area contributed by atoms with Crippen LogP contribution in [0.5, 0.6) is 0 Å². The molecule has 23 heavy (non-hydrogen) atoms. The molecule has 2 aromatic carbocycles. The van der Waals surface area contributed by atoms with E-state index in [1.54, 1.807) is 0 Å². The van der Waals surface area contributed by atoms with Crippen LogP contribution < -0.4 is 0 Å². The molecule has 3 nitrogen and oxygen atoms in total. The third-order valence-corrected chi connectivity index (χ3v) is 4.27. The molecular formula is C19H20ClNO2. The molecule has 0 bridgehead atoms. The van der Waals surface area contributed by atoms with E-state index in [2.05, 4.69) is 17.1 Å². The van der Waals surface area contributed by atoms with Crippen LogP contribution in [0.25, 0.3) is 11.1 Å². The first-order valence-electron chi connectivity index (χ1n) is 7.96. The van der Waals surface area contributed by atoms with Gasteiger partial charge in [0.05, 0.1) is 6.10 Å². The highest BCUT2D eigenvalue weighted by Crippen LogP contribution is 2.33. The Hall–Kier alpha value is -1.84. The van der Waals surface area contributed by atoms with Gasteiger partial charge in [0.15, 0.2) is 11.7 Å². The van der Waals surface area contributed by atoms with Crippen molar-refractivity contribution >= 4 is 23.5 Å². The Morgan fingerprint density at radius 3 is 2.39 bits per heavy atom. The van der Waals surface area contributed by atoms with Crippen LogP contribution in [0.4, 0.5) is 0 Å². The average Bonchev–Trinajstić information content (AvgIpc) is 3.22. The second kappa shape index (κ2) is 7.16. The summed E-state index contributed by atoms with van der Waals surface area (Å²) in [4.78, 5) is 4.64. The molecular weight excluding hydrogens is 310 g/mol. The number of fused-ring (bicyclic) bond motifs is 1. The van der Waals surface area contributed by atoms with Crippen molar-refractivity contribution in [1.29, 1.82) is 0 Å². The molecule has 1 atom stereocenters. The molecule has 1 unspecified atom stereocenters. The maximum absolute atomic E-state index is 6.36. The van der Waals surface area contributed by atoms with Gasteiger partial charge in [-0.3, -0.25) is 0 Å². The number of benzene rings is 2. The third kappa shape index (κ3) is 3.41. The lowest BCUT2D eigenvalue weighted by Crippen LogP contribution is -2.15. The summed E-state index contributed by atoms with van der Waals surface area (Å²) in [5.41, 5.74) is 2.79. The first-order chi connectivity index (χ1) is 10.9. The zero-order valence-electron chi connectivity index (χ0n) is 12.9. The second-order valence-electron chi connectivity index (χ2n) is 5.85. The molecule has 4 rings (SSSR count). The van der Waals surface area contributed by atoms with Crippen LogP contribution in [0.3, 0.4) is 0 Å². The van der Waals surface area contributed by atoms with Crippen molar-refractivity contribution < 1.29 is 9.15 Å². The van der Waals surface area contributed by atoms with Gasteiger partial charge in [0.1, 0.15) is 5.52 Å². The van der Waals surface area contributed by atoms with E-state index in [1.165, 1.54) is 12.8 Å². The summed E-state index contributed by atoms with van der Waals surface area (Å²) in [5.74, 6) is 0.652. The fraction of sp³-hybridized carbons (Fsp3) is 0.316. The molecule has 0 amide bonds. The van der Waals surface area contributed by atoms with Crippen LogP contribution in [-0.2, 0) is 4.74 Å². The van der Waals surface area contributed by atoms with Crippen LogP contribution >= 0.6 is 12.4 Å². The van der Waals surface area contributed by atoms with Crippen molar-refractivity contribution in [3.63, 3.8) is 0 Å². The molecule has 3 aromatic rings. The summed E-state index contributed by atoms with van der Waals surface area (Å²) in [6.07, 6.45) is 4.84. The molecule has 1 fully saturated rings. The van der Waals surface area contributed by atoms with Gasteiger partial charge in [-0.1, -0.05) is 55.3 Å². The summed E-state index contributed by atoms with van der Waals surface area (Å²) >= 11 is 0. The van der Waals surface area contributed by atoms with Crippen LogP contribution in [0, 0.1) is 0 Å². The van der Waals surface area contributed by atoms with Gasteiger partial charge in [0.25, 0.3) is 0 Å². The van der Waals surface area contributed by atoms with Crippen molar-refractivity contribution in [3.8, 4) is 0 Å². The fourth-order valence-electron chi connectivity index (χ4n) is 3.13. The molecule has 1 aliphatic rings. The van der Waals surface area contributed by atoms with Crippen molar-refractivity contribution in [3.05, 3.63) is 66.1 Å². The van der Waals surface area contributed by atoms with E-state index in [-0.39, 0.29) is 18.5 Å². The number of oxazole rings is 1. The number of nitrogens with zero attached hydrogens (tertiary/aromatic N) is 1. The predicted octanol–water partition coefficient (Wildman–Crippen LogP) is 5.30. The maximum atomic E-state index is 6.36. The molecule has 1 aliphatic carbocycles. The molecule has 0 spiro atoms. The van der Waals surface area contributed by atoms with Gasteiger partial charge in [-0.05, 0) is 30.5 Å². The Balaban J connectivity index is 0.00000156. The SMILES string of the molecule is Cl.c1ccc(C(OC2CCCC2)c2nc3ccccc3o2)cc1. The summed E-state index contributed by atoms with van der Waals surface area (Å²) in [6.45, 7) is 0. The quantitative estimate of drug-likeness (QED) is 0.651. The van der Waals surface area contributed by atoms with E-state index in [9.17, 15) is 0 Å². The predicted molar refractivity (Wildman–Crippen MR) is 92.9 cm³/mol. The Morgan fingerprint density at radius 2 is 1.65 bits per heavy atom. The normalized spacial score (nSPS) is 16.3. The summed E-state index contributed by atoms with van der Waals surface area (Å²) in [7, 11) is 0. The molecule has 1 saturated carbocycles. The average molecular weight is 330 g/mol. The van der Waals surface area contributed by atoms with E-state index in [0.29, 0.717) is 12.0 Å². The minimum absolute atomic E-state index is 0. The second-order valence-corrected chi connectivity index (χ2v) is 5.85. The standard InChI is InChI=1S/C19H19NO2.ClH/c1-2-8-14(9-3-1)18(21-15-10-4-5-11-15)19-20-16-12-6-7-13-17(16)22-19;/h1-3,6-9,12-13,15,18H,4-5,10-11H2;1H. The zero-order valence-corrected chi connectivity index (χ0v) is 13.7. The van der Waals surface area contributed by atoms with Gasteiger partial charge in [-0.25, -0.2) is 4.98 Å². The summed E-state index contributed by atoms with van der Waals surface area (Å²) < 4.78 is 12.3. The van der Waals surface area contributed by atoms with E-state index in [1.807, 2.05) is 42.5 Å². The lowest BCUT2D eigenvalue weighted by Gasteiger charge is -2.19. The van der Waals surface area contributed by atoms with Crippen LogP contribution in [0.1, 0.15) is 43.2 Å². The highest BCUT2D eigenvalue weighted by Gasteiger charge is 2.26. The van der Waals surface area contributed by atoms with E-state index < -0.39 is 0 Å². The van der Waals surface area contributed by atoms with Gasteiger partial charge in [-0.15, -0.1) is 12.4 Å². The summed E-state index contributed by atoms with van der Waals surface area (Å²) in [5, 5.41) is 0. The highest BCUT2D eigenvalue weighted by atomic mass is 35.5. The number of rotatable bonds is 4. The molecule has 0 saturated heterocycles. The number of halogens is 1. The number of aromatic nitrogens is 1. The minimum Gasteiger partial charge on any atom is -0.437 e. The number of para-hydroxylation sites is 2. The van der Waals surface area contributed by atoms with E-state index in [4.69, 9.17) is 9.15 Å². The van der Waals surface area contributed by atoms with Gasteiger partial charge >= 0.3 is 0 Å². The van der Waals surface area contributed by atoms with Crippen LogP contribution in [0.15, 0.2) is 59.0 Å². The molecule has 1 aromatic heterocycles. The van der Waals surface area contributed by atoms with Crippen molar-refractivity contribution in [2.75, 3.05) is 0 Å². The zero-order chi connectivity index (χ0) is 14.8. The van der Waals surface area contributed by atoms with Gasteiger partial charge < -0.3 is 9.15 Å². The molecule has 1 heterocycles. The smallest absolute Gasteiger partial charge is 0.229 e. The van der Waals surface area contributed by atoms with Crippen molar-refractivity contribution in [1.82, 2.24) is 4.98 Å².